The van der Waals surface area contributed by atoms with Gasteiger partial charge in [0.05, 0.1) is 0 Å². The number of hydrogen-bond donors (Lipinski definition) is 3. The van der Waals surface area contributed by atoms with Crippen LogP contribution in [-0.2, 0) is 25.8 Å². The lowest BCUT2D eigenvalue weighted by Crippen LogP contribution is -2.38. The van der Waals surface area contributed by atoms with E-state index in [0.29, 0.717) is 12.1 Å². The van der Waals surface area contributed by atoms with E-state index in [1.165, 1.54) is 19.3 Å². The molecule has 2 aromatic rings. The average molecular weight is 539 g/mol. The predicted octanol–water partition coefficient (Wildman–Crippen LogP) is 2.32. The number of fused-ring (bicyclic) bond motifs is 1. The van der Waals surface area contributed by atoms with E-state index in [1.54, 1.807) is 7.05 Å². The van der Waals surface area contributed by atoms with Gasteiger partial charge in [0.25, 0.3) is 5.91 Å². The van der Waals surface area contributed by atoms with Gasteiger partial charge in [-0.3, -0.25) is 9.79 Å². The first-order valence-electron chi connectivity index (χ1n) is 11.0. The zero-order chi connectivity index (χ0) is 21.2. The van der Waals surface area contributed by atoms with Gasteiger partial charge in [-0.2, -0.15) is 0 Å². The molecule has 0 saturated heterocycles. The normalized spacial score (nSPS) is 13.5. The fraction of sp³-hybridized carbons (Fsp3) is 0.545. The maximum absolute atomic E-state index is 11.8. The maximum atomic E-state index is 11.8. The first-order valence-corrected chi connectivity index (χ1v) is 11.0. The van der Waals surface area contributed by atoms with Crippen molar-refractivity contribution in [1.82, 2.24) is 30.7 Å². The van der Waals surface area contributed by atoms with Crippen molar-refractivity contribution in [2.24, 2.45) is 4.99 Å². The third kappa shape index (κ3) is 7.48. The minimum atomic E-state index is -0.0638. The van der Waals surface area contributed by atoms with Gasteiger partial charge in [0.15, 0.2) is 5.96 Å². The largest absolute Gasteiger partial charge is 0.357 e. The van der Waals surface area contributed by atoms with E-state index in [9.17, 15) is 4.79 Å². The zero-order valence-corrected chi connectivity index (χ0v) is 20.8. The molecule has 0 saturated carbocycles. The standard InChI is InChI=1S/C22H33N7O.HI/c1-3-24-22(25-13-11-17-8-7-9-18(16-17)21(30)23-2)26-14-12-20-28-27-19-10-5-4-6-15-29(19)20;/h7-9,16H,3-6,10-15H2,1-2H3,(H,23,30)(H2,24,25,26);1H. The number of guanidine groups is 1. The molecule has 2 heterocycles. The van der Waals surface area contributed by atoms with E-state index in [4.69, 9.17) is 4.99 Å². The van der Waals surface area contributed by atoms with Gasteiger partial charge in [-0.1, -0.05) is 18.6 Å². The first kappa shape index (κ1) is 25.1. The minimum absolute atomic E-state index is 0. The van der Waals surface area contributed by atoms with Gasteiger partial charge in [-0.15, -0.1) is 34.2 Å². The van der Waals surface area contributed by atoms with Crippen LogP contribution in [-0.4, -0.2) is 53.3 Å². The number of nitrogens with one attached hydrogen (secondary N) is 3. The molecule has 0 atom stereocenters. The average Bonchev–Trinajstić information content (AvgIpc) is 2.99. The van der Waals surface area contributed by atoms with Gasteiger partial charge in [-0.25, -0.2) is 0 Å². The summed E-state index contributed by atoms with van der Waals surface area (Å²) in [5.74, 6) is 2.90. The molecule has 9 heteroatoms. The predicted molar refractivity (Wildman–Crippen MR) is 134 cm³/mol. The smallest absolute Gasteiger partial charge is 0.251 e. The molecule has 0 spiro atoms. The van der Waals surface area contributed by atoms with Crippen LogP contribution >= 0.6 is 24.0 Å². The molecule has 0 unspecified atom stereocenters. The van der Waals surface area contributed by atoms with Gasteiger partial charge < -0.3 is 20.5 Å². The fourth-order valence-electron chi connectivity index (χ4n) is 3.68. The molecule has 1 aliphatic heterocycles. The van der Waals surface area contributed by atoms with Crippen molar-refractivity contribution in [2.75, 3.05) is 26.7 Å². The lowest BCUT2D eigenvalue weighted by molar-refractivity contribution is 0.0963. The van der Waals surface area contributed by atoms with Gasteiger partial charge in [0, 0.05) is 51.6 Å². The molecule has 3 rings (SSSR count). The van der Waals surface area contributed by atoms with Crippen LogP contribution < -0.4 is 16.0 Å². The summed E-state index contributed by atoms with van der Waals surface area (Å²) in [6.07, 6.45) is 6.30. The molecular formula is C22H34IN7O. The summed E-state index contributed by atoms with van der Waals surface area (Å²) in [7, 11) is 1.65. The molecule has 0 radical (unpaired) electrons. The highest BCUT2D eigenvalue weighted by molar-refractivity contribution is 14.0. The number of nitrogens with zero attached hydrogens (tertiary/aromatic N) is 4. The van der Waals surface area contributed by atoms with E-state index < -0.39 is 0 Å². The van der Waals surface area contributed by atoms with Gasteiger partial charge in [0.1, 0.15) is 11.6 Å². The Hall–Kier alpha value is -2.17. The molecule has 0 aliphatic carbocycles. The Morgan fingerprint density at radius 2 is 2.03 bits per heavy atom. The van der Waals surface area contributed by atoms with Crippen LogP contribution in [0.3, 0.4) is 0 Å². The van der Waals surface area contributed by atoms with Crippen LogP contribution in [0.5, 0.6) is 0 Å². The topological polar surface area (TPSA) is 96.2 Å². The molecule has 1 amide bonds. The van der Waals surface area contributed by atoms with E-state index in [2.05, 4.69) is 37.6 Å². The number of halogens is 1. The summed E-state index contributed by atoms with van der Waals surface area (Å²) in [4.78, 5) is 16.5. The number of hydrogen-bond acceptors (Lipinski definition) is 4. The van der Waals surface area contributed by atoms with Gasteiger partial charge in [0.2, 0.25) is 0 Å². The van der Waals surface area contributed by atoms with Crippen molar-refractivity contribution < 1.29 is 4.79 Å². The van der Waals surface area contributed by atoms with E-state index in [0.717, 1.165) is 62.1 Å². The second-order valence-electron chi connectivity index (χ2n) is 7.46. The van der Waals surface area contributed by atoms with Crippen molar-refractivity contribution in [2.45, 2.75) is 52.0 Å². The molecule has 8 nitrogen and oxygen atoms in total. The summed E-state index contributed by atoms with van der Waals surface area (Å²) in [5.41, 5.74) is 1.80. The second kappa shape index (κ2) is 13.3. The van der Waals surface area contributed by atoms with Crippen LogP contribution in [0.1, 0.15) is 53.8 Å². The number of amides is 1. The Balaban J connectivity index is 0.00000341. The molecule has 3 N–H and O–H groups in total. The van der Waals surface area contributed by atoms with Crippen LogP contribution in [0.4, 0.5) is 0 Å². The molecule has 170 valence electrons. The van der Waals surface area contributed by atoms with Crippen molar-refractivity contribution in [1.29, 1.82) is 0 Å². The highest BCUT2D eigenvalue weighted by Gasteiger charge is 2.14. The van der Waals surface area contributed by atoms with Gasteiger partial charge >= 0.3 is 0 Å². The molecule has 1 aliphatic rings. The number of aryl methyl sites for hydroxylation is 1. The SMILES string of the molecule is CCNC(=NCCc1nnc2n1CCCCC2)NCCc1cccc(C(=O)NC)c1.I. The van der Waals surface area contributed by atoms with Gasteiger partial charge in [-0.05, 0) is 43.9 Å². The first-order chi connectivity index (χ1) is 14.7. The van der Waals surface area contributed by atoms with E-state index in [-0.39, 0.29) is 29.9 Å². The number of benzene rings is 1. The lowest BCUT2D eigenvalue weighted by Gasteiger charge is -2.12. The summed E-state index contributed by atoms with van der Waals surface area (Å²) in [6, 6.07) is 7.71. The Bertz CT molecular complexity index is 865. The number of aromatic nitrogens is 3. The Kier molecular flexibility index (Phi) is 10.8. The van der Waals surface area contributed by atoms with E-state index >= 15 is 0 Å². The molecule has 1 aromatic carbocycles. The number of rotatable bonds is 8. The third-order valence-corrected chi connectivity index (χ3v) is 5.26. The van der Waals surface area contributed by atoms with Crippen molar-refractivity contribution in [3.63, 3.8) is 0 Å². The summed E-state index contributed by atoms with van der Waals surface area (Å²) >= 11 is 0. The van der Waals surface area contributed by atoms with Crippen LogP contribution in [0, 0.1) is 0 Å². The van der Waals surface area contributed by atoms with E-state index in [1.807, 2.05) is 24.3 Å². The molecule has 0 fully saturated rings. The second-order valence-corrected chi connectivity index (χ2v) is 7.46. The quantitative estimate of drug-likeness (QED) is 0.272. The van der Waals surface area contributed by atoms with Crippen LogP contribution in [0.15, 0.2) is 29.3 Å². The summed E-state index contributed by atoms with van der Waals surface area (Å²) in [5, 5.41) is 18.1. The number of carbonyl (C=O) groups excluding carboxylic acids is 1. The summed E-state index contributed by atoms with van der Waals surface area (Å²) in [6.45, 7) is 5.29. The summed E-state index contributed by atoms with van der Waals surface area (Å²) < 4.78 is 2.28. The fourth-order valence-corrected chi connectivity index (χ4v) is 3.68. The monoisotopic (exact) mass is 539 g/mol. The Labute approximate surface area is 201 Å². The van der Waals surface area contributed by atoms with Crippen molar-refractivity contribution in [3.05, 3.63) is 47.0 Å². The molecule has 31 heavy (non-hydrogen) atoms. The highest BCUT2D eigenvalue weighted by atomic mass is 127. The third-order valence-electron chi connectivity index (χ3n) is 5.26. The lowest BCUT2D eigenvalue weighted by atomic mass is 10.1. The highest BCUT2D eigenvalue weighted by Crippen LogP contribution is 2.14. The maximum Gasteiger partial charge on any atom is 0.251 e. The molecular weight excluding hydrogens is 505 g/mol. The zero-order valence-electron chi connectivity index (χ0n) is 18.5. The van der Waals surface area contributed by atoms with Crippen LogP contribution in [0.25, 0.3) is 0 Å². The molecule has 1 aromatic heterocycles. The van der Waals surface area contributed by atoms with Crippen LogP contribution in [0.2, 0.25) is 0 Å². The van der Waals surface area contributed by atoms with Crippen molar-refractivity contribution >= 4 is 35.8 Å². The molecule has 0 bridgehead atoms. The Morgan fingerprint density at radius 3 is 2.84 bits per heavy atom. The van der Waals surface area contributed by atoms with Crippen molar-refractivity contribution in [3.8, 4) is 0 Å². The Morgan fingerprint density at radius 1 is 1.16 bits per heavy atom. The minimum Gasteiger partial charge on any atom is -0.357 e. The number of carbonyl (C=O) groups is 1. The number of aliphatic imine (C=N–C) groups is 1.